The van der Waals surface area contributed by atoms with E-state index >= 15 is 0 Å². The summed E-state index contributed by atoms with van der Waals surface area (Å²) in [4.78, 5) is 45.3. The third kappa shape index (κ3) is 3.61. The van der Waals surface area contributed by atoms with Gasteiger partial charge in [-0.1, -0.05) is 0 Å². The summed E-state index contributed by atoms with van der Waals surface area (Å²) in [5, 5.41) is 21.3. The van der Waals surface area contributed by atoms with Crippen LogP contribution in [0.4, 0.5) is 17.1 Å². The van der Waals surface area contributed by atoms with Crippen molar-refractivity contribution in [1.82, 2.24) is 4.57 Å². The molecular formula is C14H12N4O6. The molecule has 10 nitrogen and oxygen atoms in total. The molecule has 0 fully saturated rings. The minimum absolute atomic E-state index is 0.116. The number of benzene rings is 1. The lowest BCUT2D eigenvalue weighted by molar-refractivity contribution is -0.385. The van der Waals surface area contributed by atoms with Crippen LogP contribution in [0, 0.1) is 20.2 Å². The fraction of sp³-hybridized carbons (Fsp3) is 0.143. The second kappa shape index (κ2) is 6.69. The predicted octanol–water partition coefficient (Wildman–Crippen LogP) is 1.33. The van der Waals surface area contributed by atoms with Gasteiger partial charge in [0, 0.05) is 37.0 Å². The number of likely N-dealkylation sites (N-methyl/N-ethyl adjacent to an activating group) is 1. The first-order chi connectivity index (χ1) is 11.3. The number of hydrogen-bond acceptors (Lipinski definition) is 6. The van der Waals surface area contributed by atoms with Crippen molar-refractivity contribution < 1.29 is 14.6 Å². The van der Waals surface area contributed by atoms with Gasteiger partial charge in [-0.15, -0.1) is 0 Å². The second-order valence-corrected chi connectivity index (χ2v) is 4.84. The van der Waals surface area contributed by atoms with E-state index in [0.717, 1.165) is 22.9 Å². The molecular weight excluding hydrogens is 320 g/mol. The van der Waals surface area contributed by atoms with E-state index in [1.807, 2.05) is 0 Å². The van der Waals surface area contributed by atoms with Crippen LogP contribution in [0.5, 0.6) is 0 Å². The molecule has 2 aromatic rings. The first-order valence-electron chi connectivity index (χ1n) is 6.65. The third-order valence-corrected chi connectivity index (χ3v) is 3.31. The van der Waals surface area contributed by atoms with Crippen molar-refractivity contribution in [2.45, 2.75) is 6.54 Å². The maximum atomic E-state index is 12.2. The minimum atomic E-state index is -0.666. The van der Waals surface area contributed by atoms with Gasteiger partial charge in [-0.2, -0.15) is 0 Å². The number of aromatic nitrogens is 1. The molecule has 0 saturated heterocycles. The summed E-state index contributed by atoms with van der Waals surface area (Å²) in [5.41, 5.74) is -0.579. The largest absolute Gasteiger partial charge is 0.314 e. The minimum Gasteiger partial charge on any atom is -0.314 e. The average molecular weight is 332 g/mol. The number of carbonyl (C=O) groups excluding carboxylic acids is 1. The molecule has 1 heterocycles. The fourth-order valence-corrected chi connectivity index (χ4v) is 1.94. The van der Waals surface area contributed by atoms with Crippen LogP contribution in [-0.2, 0) is 11.3 Å². The number of anilines is 1. The smallest absolute Gasteiger partial charge is 0.285 e. The van der Waals surface area contributed by atoms with E-state index < -0.39 is 27.9 Å². The zero-order chi connectivity index (χ0) is 17.9. The Morgan fingerprint density at radius 2 is 1.58 bits per heavy atom. The number of nitro groups is 2. The standard InChI is InChI=1S/C14H12N4O6/c1-15(10-2-4-11(5-3-10)17(21)22)14(20)9-16-8-12(18(23)24)6-7-13(16)19/h2-8H,9H2,1H3. The Morgan fingerprint density at radius 1 is 1.04 bits per heavy atom. The highest BCUT2D eigenvalue weighted by Crippen LogP contribution is 2.18. The zero-order valence-electron chi connectivity index (χ0n) is 12.5. The monoisotopic (exact) mass is 332 g/mol. The Balaban J connectivity index is 2.20. The number of non-ortho nitro benzene ring substituents is 1. The van der Waals surface area contributed by atoms with E-state index in [1.54, 1.807) is 0 Å². The van der Waals surface area contributed by atoms with E-state index in [4.69, 9.17) is 0 Å². The molecule has 0 unspecified atom stereocenters. The number of nitrogens with zero attached hydrogens (tertiary/aromatic N) is 4. The summed E-state index contributed by atoms with van der Waals surface area (Å²) in [7, 11) is 1.44. The van der Waals surface area contributed by atoms with Crippen LogP contribution >= 0.6 is 0 Å². The highest BCUT2D eigenvalue weighted by molar-refractivity contribution is 5.92. The quantitative estimate of drug-likeness (QED) is 0.600. The molecule has 0 radical (unpaired) electrons. The van der Waals surface area contributed by atoms with Crippen molar-refractivity contribution in [3.63, 3.8) is 0 Å². The van der Waals surface area contributed by atoms with Crippen molar-refractivity contribution in [2.75, 3.05) is 11.9 Å². The van der Waals surface area contributed by atoms with Gasteiger partial charge < -0.3 is 4.90 Å². The van der Waals surface area contributed by atoms with Gasteiger partial charge in [0.25, 0.3) is 16.9 Å². The Morgan fingerprint density at radius 3 is 2.12 bits per heavy atom. The topological polar surface area (TPSA) is 129 Å². The van der Waals surface area contributed by atoms with E-state index in [2.05, 4.69) is 0 Å². The normalized spacial score (nSPS) is 10.2. The Kier molecular flexibility index (Phi) is 4.68. The summed E-state index contributed by atoms with van der Waals surface area (Å²) in [6.07, 6.45) is 0.990. The summed E-state index contributed by atoms with van der Waals surface area (Å²) < 4.78 is 0.933. The molecule has 124 valence electrons. The highest BCUT2D eigenvalue weighted by Gasteiger charge is 2.15. The number of rotatable bonds is 5. The van der Waals surface area contributed by atoms with Gasteiger partial charge in [-0.25, -0.2) is 0 Å². The Labute approximate surface area is 134 Å². The van der Waals surface area contributed by atoms with E-state index in [-0.39, 0.29) is 11.4 Å². The molecule has 0 atom stereocenters. The number of nitro benzene ring substituents is 1. The first kappa shape index (κ1) is 16.8. The first-order valence-corrected chi connectivity index (χ1v) is 6.65. The summed E-state index contributed by atoms with van der Waals surface area (Å²) in [6, 6.07) is 7.36. The average Bonchev–Trinajstić information content (AvgIpc) is 2.55. The van der Waals surface area contributed by atoms with Gasteiger partial charge in [-0.3, -0.25) is 34.4 Å². The molecule has 1 aromatic carbocycles. The molecule has 1 amide bonds. The van der Waals surface area contributed by atoms with Gasteiger partial charge in [0.2, 0.25) is 5.91 Å². The molecule has 0 aliphatic rings. The van der Waals surface area contributed by atoms with Crippen LogP contribution < -0.4 is 10.5 Å². The molecule has 0 bridgehead atoms. The molecule has 0 aliphatic carbocycles. The lowest BCUT2D eigenvalue weighted by Gasteiger charge is -2.17. The van der Waals surface area contributed by atoms with Crippen molar-refractivity contribution in [2.24, 2.45) is 0 Å². The maximum Gasteiger partial charge on any atom is 0.285 e. The SMILES string of the molecule is CN(C(=O)Cn1cc([N+](=O)[O-])ccc1=O)c1ccc([N+](=O)[O-])cc1. The summed E-state index contributed by atoms with van der Waals surface area (Å²) in [5.74, 6) is -0.508. The lowest BCUT2D eigenvalue weighted by atomic mass is 10.2. The van der Waals surface area contributed by atoms with E-state index in [9.17, 15) is 29.8 Å². The van der Waals surface area contributed by atoms with Crippen molar-refractivity contribution in [1.29, 1.82) is 0 Å². The van der Waals surface area contributed by atoms with E-state index in [0.29, 0.717) is 5.69 Å². The predicted molar refractivity (Wildman–Crippen MR) is 83.9 cm³/mol. The number of amides is 1. The van der Waals surface area contributed by atoms with Crippen molar-refractivity contribution >= 4 is 23.0 Å². The van der Waals surface area contributed by atoms with Gasteiger partial charge >= 0.3 is 0 Å². The van der Waals surface area contributed by atoms with Crippen LogP contribution in [-0.4, -0.2) is 27.4 Å². The molecule has 1 aromatic heterocycles. The molecule has 24 heavy (non-hydrogen) atoms. The van der Waals surface area contributed by atoms with Crippen LogP contribution in [0.3, 0.4) is 0 Å². The number of carbonyl (C=O) groups is 1. The number of hydrogen-bond donors (Lipinski definition) is 0. The number of pyridine rings is 1. The van der Waals surface area contributed by atoms with Crippen LogP contribution in [0.1, 0.15) is 0 Å². The summed E-state index contributed by atoms with van der Waals surface area (Å²) >= 11 is 0. The zero-order valence-corrected chi connectivity index (χ0v) is 12.5. The highest BCUT2D eigenvalue weighted by atomic mass is 16.6. The molecule has 10 heteroatoms. The van der Waals surface area contributed by atoms with Crippen molar-refractivity contribution in [3.05, 3.63) is 73.2 Å². The Bertz CT molecular complexity index is 858. The van der Waals surface area contributed by atoms with Crippen molar-refractivity contribution in [3.8, 4) is 0 Å². The van der Waals surface area contributed by atoms with Crippen LogP contribution in [0.15, 0.2) is 47.4 Å². The Hall–Kier alpha value is -3.56. The van der Waals surface area contributed by atoms with Gasteiger partial charge in [0.05, 0.1) is 16.0 Å². The lowest BCUT2D eigenvalue weighted by Crippen LogP contribution is -2.33. The molecule has 0 spiro atoms. The maximum absolute atomic E-state index is 12.2. The van der Waals surface area contributed by atoms with Crippen LogP contribution in [0.2, 0.25) is 0 Å². The van der Waals surface area contributed by atoms with Crippen LogP contribution in [0.25, 0.3) is 0 Å². The molecule has 0 aliphatic heterocycles. The molecule has 2 rings (SSSR count). The van der Waals surface area contributed by atoms with Gasteiger partial charge in [-0.05, 0) is 12.1 Å². The van der Waals surface area contributed by atoms with E-state index in [1.165, 1.54) is 36.2 Å². The third-order valence-electron chi connectivity index (χ3n) is 3.31. The fourth-order valence-electron chi connectivity index (χ4n) is 1.94. The molecule has 0 N–H and O–H groups in total. The van der Waals surface area contributed by atoms with Gasteiger partial charge in [0.15, 0.2) is 0 Å². The molecule has 0 saturated carbocycles. The van der Waals surface area contributed by atoms with Gasteiger partial charge in [0.1, 0.15) is 6.54 Å². The summed E-state index contributed by atoms with van der Waals surface area (Å²) in [6.45, 7) is -0.395. The second-order valence-electron chi connectivity index (χ2n) is 4.84.